The highest BCUT2D eigenvalue weighted by Crippen LogP contribution is 2.69. The van der Waals surface area contributed by atoms with E-state index in [1.54, 1.807) is 12.1 Å². The van der Waals surface area contributed by atoms with Crippen LogP contribution in [0, 0.1) is 22.6 Å². The molecule has 1 N–H and O–H groups in total. The number of rotatable bonds is 3. The van der Waals surface area contributed by atoms with Crippen LogP contribution < -0.4 is 5.32 Å². The molecule has 3 aliphatic rings. The zero-order valence-electron chi connectivity index (χ0n) is 15.6. The summed E-state index contributed by atoms with van der Waals surface area (Å²) in [7, 11) is 0. The number of likely N-dealkylation sites (tertiary alicyclic amines) is 1. The van der Waals surface area contributed by atoms with Crippen LogP contribution in [-0.2, 0) is 11.2 Å². The van der Waals surface area contributed by atoms with E-state index in [9.17, 15) is 9.18 Å². The van der Waals surface area contributed by atoms with E-state index < -0.39 is 0 Å². The third-order valence-corrected chi connectivity index (χ3v) is 7.11. The number of nitrogens with one attached hydrogen (secondary N) is 1. The van der Waals surface area contributed by atoms with Crippen LogP contribution in [0.15, 0.2) is 24.3 Å². The second-order valence-corrected chi connectivity index (χ2v) is 8.61. The molecule has 0 bridgehead atoms. The van der Waals surface area contributed by atoms with E-state index in [-0.39, 0.29) is 29.1 Å². The Hall–Kier alpha value is -1.13. The van der Waals surface area contributed by atoms with Crippen molar-refractivity contribution in [3.8, 4) is 0 Å². The van der Waals surface area contributed by atoms with Gasteiger partial charge in [-0.05, 0) is 80.6 Å². The lowest BCUT2D eigenvalue weighted by Crippen LogP contribution is -2.45. The van der Waals surface area contributed by atoms with Crippen molar-refractivity contribution >= 4 is 18.3 Å². The van der Waals surface area contributed by atoms with E-state index in [2.05, 4.69) is 17.1 Å². The highest BCUT2D eigenvalue weighted by molar-refractivity contribution is 5.87. The third kappa shape index (κ3) is 3.50. The Kier molecular flexibility index (Phi) is 5.64. The Morgan fingerprint density at radius 2 is 1.81 bits per heavy atom. The fourth-order valence-electron chi connectivity index (χ4n) is 5.21. The van der Waals surface area contributed by atoms with E-state index >= 15 is 0 Å². The van der Waals surface area contributed by atoms with Gasteiger partial charge in [0.15, 0.2) is 0 Å². The summed E-state index contributed by atoms with van der Waals surface area (Å²) in [5, 5.41) is 3.42. The highest BCUT2D eigenvalue weighted by atomic mass is 35.5. The number of hydrogen-bond acceptors (Lipinski definition) is 2. The Bertz CT molecular complexity index is 636. The van der Waals surface area contributed by atoms with Gasteiger partial charge in [-0.1, -0.05) is 19.1 Å². The van der Waals surface area contributed by atoms with E-state index in [4.69, 9.17) is 0 Å². The summed E-state index contributed by atoms with van der Waals surface area (Å²) in [6, 6.07) is 6.86. The second kappa shape index (κ2) is 7.47. The lowest BCUT2D eigenvalue weighted by atomic mass is 9.84. The Morgan fingerprint density at radius 1 is 1.19 bits per heavy atom. The van der Waals surface area contributed by atoms with E-state index in [1.165, 1.54) is 5.56 Å². The molecule has 144 valence electrons. The molecule has 1 aromatic rings. The zero-order valence-corrected chi connectivity index (χ0v) is 16.4. The fraction of sp³-hybridized carbons (Fsp3) is 0.667. The molecule has 5 heteroatoms. The minimum Gasteiger partial charge on any atom is -0.342 e. The Morgan fingerprint density at radius 3 is 2.42 bits per heavy atom. The van der Waals surface area contributed by atoms with Crippen molar-refractivity contribution in [1.29, 1.82) is 0 Å². The number of carbonyl (C=O) groups excluding carboxylic acids is 1. The van der Waals surface area contributed by atoms with Gasteiger partial charge in [-0.25, -0.2) is 4.39 Å². The standard InChI is InChI=1S/C21H29FN2O.ClH/c1-20(15-21(20)8-10-23-11-9-21)19(25)24-12-6-17(7-13-24)14-16-2-4-18(22)5-3-16;/h2-5,17,23H,6-15H2,1H3;1H. The first-order valence-corrected chi connectivity index (χ1v) is 9.77. The summed E-state index contributed by atoms with van der Waals surface area (Å²) in [6.07, 6.45) is 6.50. The molecule has 2 aliphatic heterocycles. The third-order valence-electron chi connectivity index (χ3n) is 7.11. The molecule has 2 heterocycles. The average molecular weight is 381 g/mol. The zero-order chi connectivity index (χ0) is 17.5. The average Bonchev–Trinajstić information content (AvgIpc) is 3.21. The van der Waals surface area contributed by atoms with Crippen LogP contribution in [0.3, 0.4) is 0 Å². The molecule has 1 unspecified atom stereocenters. The number of halogens is 2. The van der Waals surface area contributed by atoms with Crippen molar-refractivity contribution in [3.05, 3.63) is 35.6 Å². The SMILES string of the molecule is CC1(C(=O)N2CCC(Cc3ccc(F)cc3)CC2)CC12CCNCC2.Cl. The van der Waals surface area contributed by atoms with Gasteiger partial charge >= 0.3 is 0 Å². The predicted octanol–water partition coefficient (Wildman–Crippen LogP) is 3.81. The van der Waals surface area contributed by atoms with Crippen LogP contribution in [0.4, 0.5) is 4.39 Å². The van der Waals surface area contributed by atoms with Crippen LogP contribution >= 0.6 is 12.4 Å². The van der Waals surface area contributed by atoms with Crippen molar-refractivity contribution in [3.63, 3.8) is 0 Å². The minimum absolute atomic E-state index is 0. The summed E-state index contributed by atoms with van der Waals surface area (Å²) in [4.78, 5) is 15.2. The van der Waals surface area contributed by atoms with Gasteiger partial charge in [-0.2, -0.15) is 0 Å². The number of piperidine rings is 2. The van der Waals surface area contributed by atoms with Crippen molar-refractivity contribution < 1.29 is 9.18 Å². The summed E-state index contributed by atoms with van der Waals surface area (Å²) in [5.74, 6) is 0.831. The highest BCUT2D eigenvalue weighted by Gasteiger charge is 2.68. The molecule has 0 aromatic heterocycles. The molecule has 1 spiro atoms. The Labute approximate surface area is 162 Å². The van der Waals surface area contributed by atoms with Crippen LogP contribution in [-0.4, -0.2) is 37.0 Å². The fourth-order valence-corrected chi connectivity index (χ4v) is 5.21. The maximum atomic E-state index is 13.1. The molecule has 1 atom stereocenters. The lowest BCUT2D eigenvalue weighted by molar-refractivity contribution is -0.139. The minimum atomic E-state index is -0.173. The molecular formula is C21H30ClFN2O. The summed E-state index contributed by atoms with van der Waals surface area (Å²) < 4.78 is 13.0. The van der Waals surface area contributed by atoms with Gasteiger partial charge in [0.1, 0.15) is 5.82 Å². The van der Waals surface area contributed by atoms with Crippen molar-refractivity contribution in [1.82, 2.24) is 10.2 Å². The number of hydrogen-bond donors (Lipinski definition) is 1. The number of nitrogens with zero attached hydrogens (tertiary/aromatic N) is 1. The van der Waals surface area contributed by atoms with Gasteiger partial charge < -0.3 is 10.2 Å². The van der Waals surface area contributed by atoms with E-state index in [0.29, 0.717) is 11.8 Å². The summed E-state index contributed by atoms with van der Waals surface area (Å²) in [6.45, 7) is 6.08. The molecular weight excluding hydrogens is 351 g/mol. The molecule has 26 heavy (non-hydrogen) atoms. The lowest BCUT2D eigenvalue weighted by Gasteiger charge is -2.36. The van der Waals surface area contributed by atoms with E-state index in [0.717, 1.165) is 64.7 Å². The summed E-state index contributed by atoms with van der Waals surface area (Å²) >= 11 is 0. The smallest absolute Gasteiger partial charge is 0.229 e. The van der Waals surface area contributed by atoms with Gasteiger partial charge in [0, 0.05) is 13.1 Å². The first kappa shape index (κ1) is 19.6. The molecule has 2 saturated heterocycles. The van der Waals surface area contributed by atoms with Crippen molar-refractivity contribution in [2.45, 2.75) is 45.4 Å². The van der Waals surface area contributed by atoms with Crippen LogP contribution in [0.1, 0.15) is 44.6 Å². The van der Waals surface area contributed by atoms with Crippen LogP contribution in [0.2, 0.25) is 0 Å². The molecule has 1 amide bonds. The number of benzene rings is 1. The maximum absolute atomic E-state index is 13.1. The molecule has 3 nitrogen and oxygen atoms in total. The predicted molar refractivity (Wildman–Crippen MR) is 104 cm³/mol. The topological polar surface area (TPSA) is 32.3 Å². The van der Waals surface area contributed by atoms with Gasteiger partial charge in [-0.15, -0.1) is 12.4 Å². The normalized spacial score (nSPS) is 27.8. The molecule has 0 radical (unpaired) electrons. The molecule has 1 saturated carbocycles. The first-order chi connectivity index (χ1) is 12.0. The first-order valence-electron chi connectivity index (χ1n) is 9.77. The van der Waals surface area contributed by atoms with Crippen molar-refractivity contribution in [2.24, 2.45) is 16.7 Å². The molecule has 1 aromatic carbocycles. The largest absolute Gasteiger partial charge is 0.342 e. The molecule has 3 fully saturated rings. The maximum Gasteiger partial charge on any atom is 0.229 e. The van der Waals surface area contributed by atoms with Crippen molar-refractivity contribution in [2.75, 3.05) is 26.2 Å². The van der Waals surface area contributed by atoms with E-state index in [1.807, 2.05) is 12.1 Å². The quantitative estimate of drug-likeness (QED) is 0.864. The molecule has 4 rings (SSSR count). The van der Waals surface area contributed by atoms with Crippen LogP contribution in [0.25, 0.3) is 0 Å². The van der Waals surface area contributed by atoms with Gasteiger partial charge in [0.05, 0.1) is 5.41 Å². The second-order valence-electron chi connectivity index (χ2n) is 8.61. The van der Waals surface area contributed by atoms with Gasteiger partial charge in [0.2, 0.25) is 5.91 Å². The monoisotopic (exact) mass is 380 g/mol. The Balaban J connectivity index is 0.00000196. The van der Waals surface area contributed by atoms with Gasteiger partial charge in [-0.3, -0.25) is 4.79 Å². The van der Waals surface area contributed by atoms with Gasteiger partial charge in [0.25, 0.3) is 0 Å². The van der Waals surface area contributed by atoms with Crippen LogP contribution in [0.5, 0.6) is 0 Å². The summed E-state index contributed by atoms with van der Waals surface area (Å²) in [5.41, 5.74) is 1.37. The number of carbonyl (C=O) groups is 1. The molecule has 1 aliphatic carbocycles. The number of amides is 1.